The molecule has 92 heavy (non-hydrogen) atoms. The van der Waals surface area contributed by atoms with E-state index >= 15 is 0 Å². The number of unbranched alkanes of at least 4 members (excludes halogenated alkanes) is 2. The molecule has 3 aromatic carbocycles. The summed E-state index contributed by atoms with van der Waals surface area (Å²) in [5.74, 6) is -3.04. The van der Waals surface area contributed by atoms with Gasteiger partial charge in [-0.15, -0.1) is 0 Å². The number of benzene rings is 3. The van der Waals surface area contributed by atoms with E-state index in [1.54, 1.807) is 51.1 Å². The molecule has 4 aliphatic rings. The van der Waals surface area contributed by atoms with Crippen molar-refractivity contribution in [2.45, 2.75) is 186 Å². The van der Waals surface area contributed by atoms with Crippen LogP contribution in [0.3, 0.4) is 0 Å². The zero-order valence-electron chi connectivity index (χ0n) is 54.1. The lowest BCUT2D eigenvalue weighted by Gasteiger charge is -2.39. The van der Waals surface area contributed by atoms with Crippen LogP contribution in [0.1, 0.15) is 148 Å². The maximum atomic E-state index is 13.8. The number of carbonyl (C=O) groups is 9. The van der Waals surface area contributed by atoms with Gasteiger partial charge < -0.3 is 71.4 Å². The number of alkyl carbamates (subject to hydrolysis) is 1. The fraction of sp³-hybridized carbons (Fsp3) is 0.529. The summed E-state index contributed by atoms with van der Waals surface area (Å²) in [6.07, 6.45) is 14.1. The summed E-state index contributed by atoms with van der Waals surface area (Å²) in [6, 6.07) is 20.0. The molecule has 0 radical (unpaired) electrons. The second-order valence-electron chi connectivity index (χ2n) is 25.3. The molecule has 3 aromatic rings. The van der Waals surface area contributed by atoms with E-state index in [9.17, 15) is 43.2 Å². The number of urea groups is 1. The van der Waals surface area contributed by atoms with Gasteiger partial charge in [-0.25, -0.2) is 9.59 Å². The van der Waals surface area contributed by atoms with Crippen LogP contribution in [0.2, 0.25) is 0 Å². The summed E-state index contributed by atoms with van der Waals surface area (Å²) < 4.78 is 29.7. The van der Waals surface area contributed by atoms with Crippen LogP contribution in [-0.2, 0) is 63.9 Å². The van der Waals surface area contributed by atoms with Crippen molar-refractivity contribution < 1.29 is 66.8 Å². The van der Waals surface area contributed by atoms with Gasteiger partial charge in [0.25, 0.3) is 0 Å². The Kier molecular flexibility index (Phi) is 27.1. The van der Waals surface area contributed by atoms with Crippen LogP contribution < -0.4 is 43.0 Å². The third-order valence-electron chi connectivity index (χ3n) is 17.3. The first-order chi connectivity index (χ1) is 44.1. The van der Waals surface area contributed by atoms with Gasteiger partial charge in [0.05, 0.1) is 61.7 Å². The van der Waals surface area contributed by atoms with Crippen LogP contribution in [0.5, 0.6) is 0 Å². The van der Waals surface area contributed by atoms with Crippen molar-refractivity contribution in [2.24, 2.45) is 29.4 Å². The van der Waals surface area contributed by atoms with Gasteiger partial charge in [0.15, 0.2) is 0 Å². The first-order valence-corrected chi connectivity index (χ1v) is 32.4. The van der Waals surface area contributed by atoms with E-state index in [0.29, 0.717) is 69.2 Å². The highest BCUT2D eigenvalue weighted by molar-refractivity contribution is 5.98. The van der Waals surface area contributed by atoms with Gasteiger partial charge in [0, 0.05) is 43.3 Å². The molecule has 0 bridgehead atoms. The molecule has 22 heteroatoms. The summed E-state index contributed by atoms with van der Waals surface area (Å²) in [6.45, 7) is 13.9. The molecular formula is C70H94N8O14. The zero-order valence-corrected chi connectivity index (χ0v) is 54.1. The van der Waals surface area contributed by atoms with Crippen molar-refractivity contribution in [3.8, 4) is 11.1 Å². The number of nitrogens with one attached hydrogen (secondary N) is 7. The van der Waals surface area contributed by atoms with Crippen molar-refractivity contribution in [3.05, 3.63) is 125 Å². The minimum atomic E-state index is -1.06. The molecule has 8 amide bonds. The smallest absolute Gasteiger partial charge is 0.408 e. The number of carbonyl (C=O) groups excluding carboxylic acids is 9. The van der Waals surface area contributed by atoms with Crippen LogP contribution in [-0.4, -0.2) is 128 Å². The fourth-order valence-corrected chi connectivity index (χ4v) is 11.9. The monoisotopic (exact) mass is 1270 g/mol. The number of primary amides is 1. The number of nitrogens with two attached hydrogens (primary N) is 1. The lowest BCUT2D eigenvalue weighted by Crippen LogP contribution is -2.54. The largest absolute Gasteiger partial charge is 0.464 e. The third kappa shape index (κ3) is 22.3. The average Bonchev–Trinajstić information content (AvgIpc) is 1.63. The molecule has 3 saturated heterocycles. The molecule has 2 unspecified atom stereocenters. The lowest BCUT2D eigenvalue weighted by molar-refractivity contribution is -0.148. The van der Waals surface area contributed by atoms with Crippen LogP contribution in [0, 0.1) is 23.7 Å². The van der Waals surface area contributed by atoms with Crippen LogP contribution in [0.25, 0.3) is 11.1 Å². The first kappa shape index (κ1) is 71.2. The van der Waals surface area contributed by atoms with E-state index in [0.717, 1.165) is 40.5 Å². The van der Waals surface area contributed by atoms with Crippen LogP contribution in [0.4, 0.5) is 15.3 Å². The predicted molar refractivity (Wildman–Crippen MR) is 347 cm³/mol. The third-order valence-corrected chi connectivity index (χ3v) is 17.3. The number of ether oxygens (including phenoxy) is 5. The van der Waals surface area contributed by atoms with Gasteiger partial charge in [0.1, 0.15) is 31.6 Å². The van der Waals surface area contributed by atoms with Crippen LogP contribution >= 0.6 is 0 Å². The number of hydrogen-bond donors (Lipinski definition) is 8. The van der Waals surface area contributed by atoms with Gasteiger partial charge in [-0.3, -0.25) is 28.8 Å². The highest BCUT2D eigenvalue weighted by Gasteiger charge is 2.51. The number of amides is 8. The molecule has 498 valence electrons. The van der Waals surface area contributed by atoms with Gasteiger partial charge >= 0.3 is 18.1 Å². The normalized spacial score (nSPS) is 22.2. The van der Waals surface area contributed by atoms with E-state index in [2.05, 4.69) is 74.5 Å². The first-order valence-electron chi connectivity index (χ1n) is 32.4. The molecular weight excluding hydrogens is 1180 g/mol. The standard InChI is InChI=1S/C70H94N8O14/c1-43(2)64(78-61(80)22-10-8-9-16-46(5)67(85)88-40-57-55-19-13-11-17-53(55)54-18-12-14-20-56(54)57)66(84)77-58(21-15-33-72-68(71)86)65(83)75-50-28-26-49(27-29-50)39-89-69(87)74-42-73-63(82)35-52-37-70(41-90-70)36-51(92-52)30-23-44(3)24-31-60-47(6)34-59(48(7)91-60)76-62(81)32-25-45(4)38-79/h11-14,17-20,23-30,32,38,43,45-48,51-52,57-60,64H,8-10,15-16,21-22,31,33-37,39-42H2,1-7H3,(H,73,82)(H,74,87)(H,75,83)(H,76,81)(H,77,84)(H,78,80)(H3,71,72,86)/b30-23+,32-25-,44-24+/t45?,46?,47-,48+,51+,52+,58-,59+,60-,64-,70+/m0/s1. The van der Waals surface area contributed by atoms with E-state index in [1.165, 1.54) is 6.08 Å². The summed E-state index contributed by atoms with van der Waals surface area (Å²) >= 11 is 0. The molecule has 1 spiro atoms. The topological polar surface area (TPSA) is 313 Å². The van der Waals surface area contributed by atoms with Crippen molar-refractivity contribution in [1.82, 2.24) is 31.9 Å². The number of epoxide rings is 1. The number of allylic oxidation sites excluding steroid dienone is 3. The molecule has 3 fully saturated rings. The number of esters is 1. The molecule has 9 N–H and O–H groups in total. The summed E-state index contributed by atoms with van der Waals surface area (Å²) in [7, 11) is 0. The molecule has 7 rings (SSSR count). The Hall–Kier alpha value is -8.21. The Morgan fingerprint density at radius 1 is 0.772 bits per heavy atom. The molecule has 3 heterocycles. The van der Waals surface area contributed by atoms with E-state index in [-0.39, 0.29) is 129 Å². The Morgan fingerprint density at radius 3 is 2.15 bits per heavy atom. The van der Waals surface area contributed by atoms with Crippen molar-refractivity contribution >= 4 is 59.6 Å². The fourth-order valence-electron chi connectivity index (χ4n) is 11.9. The van der Waals surface area contributed by atoms with E-state index in [1.807, 2.05) is 57.2 Å². The summed E-state index contributed by atoms with van der Waals surface area (Å²) in [4.78, 5) is 114. The predicted octanol–water partition coefficient (Wildman–Crippen LogP) is 8.23. The maximum Gasteiger partial charge on any atom is 0.408 e. The molecule has 3 aliphatic heterocycles. The number of aldehydes is 1. The Morgan fingerprint density at radius 2 is 1.48 bits per heavy atom. The van der Waals surface area contributed by atoms with Gasteiger partial charge in [-0.1, -0.05) is 138 Å². The number of fused-ring (bicyclic) bond motifs is 3. The summed E-state index contributed by atoms with van der Waals surface area (Å²) in [5, 5.41) is 19.2. The molecule has 0 saturated carbocycles. The highest BCUT2D eigenvalue weighted by atomic mass is 16.6. The van der Waals surface area contributed by atoms with E-state index in [4.69, 9.17) is 29.4 Å². The van der Waals surface area contributed by atoms with Gasteiger partial charge in [-0.05, 0) is 110 Å². The Labute approximate surface area is 540 Å². The number of hydrogen-bond acceptors (Lipinski definition) is 14. The second-order valence-corrected chi connectivity index (χ2v) is 25.3. The molecule has 1 aliphatic carbocycles. The Bertz CT molecular complexity index is 3080. The number of rotatable bonds is 33. The zero-order chi connectivity index (χ0) is 66.3. The van der Waals surface area contributed by atoms with Crippen molar-refractivity contribution in [1.29, 1.82) is 0 Å². The Balaban J connectivity index is 0.780. The minimum Gasteiger partial charge on any atom is -0.464 e. The van der Waals surface area contributed by atoms with Crippen molar-refractivity contribution in [3.63, 3.8) is 0 Å². The summed E-state index contributed by atoms with van der Waals surface area (Å²) in [5.41, 5.74) is 11.6. The quantitative estimate of drug-likeness (QED) is 0.00542. The van der Waals surface area contributed by atoms with Crippen molar-refractivity contribution in [2.75, 3.05) is 31.7 Å². The lowest BCUT2D eigenvalue weighted by atomic mass is 9.88. The molecule has 0 aromatic heterocycles. The van der Waals surface area contributed by atoms with E-state index < -0.39 is 42.1 Å². The second kappa shape index (κ2) is 35.0. The minimum absolute atomic E-state index is 0.0188. The number of anilines is 1. The average molecular weight is 1270 g/mol. The highest BCUT2D eigenvalue weighted by Crippen LogP contribution is 2.45. The molecule has 22 nitrogen and oxygen atoms in total. The SMILES string of the molecule is CC(/C=C/[C@@H]1C[C@]2(CO2)C[C@@H](CC(=O)NCNC(=O)OCc2ccc(NC(=O)[C@H](CCCNC(N)=O)NC(=O)[C@@H](NC(=O)CCCCCC(C)C(=O)OCC3c4ccccc4-c4ccccc43)C(C)C)cc2)O1)=C\C[C@@H]1O[C@H](C)[C@H](NC(=O)/C=C\C(C)C=O)C[C@@H]1C. The van der Waals surface area contributed by atoms with Crippen LogP contribution in [0.15, 0.2) is 109 Å². The maximum absolute atomic E-state index is 13.8. The molecule has 11 atom stereocenters. The van der Waals surface area contributed by atoms with Gasteiger partial charge in [0.2, 0.25) is 29.5 Å². The van der Waals surface area contributed by atoms with Gasteiger partial charge in [-0.2, -0.15) is 0 Å².